The van der Waals surface area contributed by atoms with Crippen LogP contribution in [0.5, 0.6) is 0 Å². The molecule has 1 atom stereocenters. The SMILES string of the molecule is CNC(C)(CCCCn1cc(C)cn1)C(N)=O. The Labute approximate surface area is 102 Å². The number of unbranched alkanes of at least 4 members (excludes halogenated alkanes) is 1. The lowest BCUT2D eigenvalue weighted by Gasteiger charge is -2.25. The summed E-state index contributed by atoms with van der Waals surface area (Å²) in [5.74, 6) is -0.296. The van der Waals surface area contributed by atoms with Crippen LogP contribution in [0.3, 0.4) is 0 Å². The average molecular weight is 238 g/mol. The number of nitrogens with one attached hydrogen (secondary N) is 1. The van der Waals surface area contributed by atoms with Crippen LogP contribution in [0, 0.1) is 6.92 Å². The fraction of sp³-hybridized carbons (Fsp3) is 0.667. The minimum atomic E-state index is -0.597. The predicted octanol–water partition coefficient (Wildman–Crippen LogP) is 0.825. The van der Waals surface area contributed by atoms with Crippen LogP contribution in [0.2, 0.25) is 0 Å². The van der Waals surface area contributed by atoms with E-state index in [1.807, 2.05) is 30.9 Å². The normalized spacial score (nSPS) is 14.5. The fourth-order valence-electron chi connectivity index (χ4n) is 1.71. The topological polar surface area (TPSA) is 72.9 Å². The number of hydrogen-bond acceptors (Lipinski definition) is 3. The Morgan fingerprint density at radius 3 is 2.76 bits per heavy atom. The Morgan fingerprint density at radius 1 is 1.59 bits per heavy atom. The zero-order chi connectivity index (χ0) is 12.9. The number of likely N-dealkylation sites (N-methyl/N-ethyl adjacent to an activating group) is 1. The Hall–Kier alpha value is -1.36. The van der Waals surface area contributed by atoms with Crippen molar-refractivity contribution >= 4 is 5.91 Å². The lowest BCUT2D eigenvalue weighted by molar-refractivity contribution is -0.123. The standard InChI is InChI=1S/C12H22N4O/c1-10-8-15-16(9-10)7-5-4-6-12(2,14-3)11(13)17/h8-9,14H,4-7H2,1-3H3,(H2,13,17). The largest absolute Gasteiger partial charge is 0.368 e. The summed E-state index contributed by atoms with van der Waals surface area (Å²) in [6, 6.07) is 0. The van der Waals surface area contributed by atoms with Gasteiger partial charge in [-0.2, -0.15) is 5.10 Å². The molecule has 0 aliphatic carbocycles. The van der Waals surface area contributed by atoms with Gasteiger partial charge >= 0.3 is 0 Å². The maximum atomic E-state index is 11.3. The number of hydrogen-bond donors (Lipinski definition) is 2. The Bertz CT molecular complexity index is 374. The minimum Gasteiger partial charge on any atom is -0.368 e. The number of nitrogens with two attached hydrogens (primary N) is 1. The first-order valence-corrected chi connectivity index (χ1v) is 5.96. The van der Waals surface area contributed by atoms with Gasteiger partial charge in [0, 0.05) is 12.7 Å². The van der Waals surface area contributed by atoms with Crippen molar-refractivity contribution in [2.24, 2.45) is 5.73 Å². The second kappa shape index (κ2) is 5.82. The second-order valence-corrected chi connectivity index (χ2v) is 4.68. The number of aryl methyl sites for hydroxylation is 2. The summed E-state index contributed by atoms with van der Waals surface area (Å²) >= 11 is 0. The van der Waals surface area contributed by atoms with Crippen molar-refractivity contribution in [2.45, 2.75) is 45.2 Å². The molecule has 1 aromatic heterocycles. The molecule has 5 nitrogen and oxygen atoms in total. The summed E-state index contributed by atoms with van der Waals surface area (Å²) in [6.45, 7) is 4.74. The maximum absolute atomic E-state index is 11.3. The van der Waals surface area contributed by atoms with E-state index in [-0.39, 0.29) is 5.91 Å². The van der Waals surface area contributed by atoms with Gasteiger partial charge in [0.25, 0.3) is 0 Å². The number of primary amides is 1. The van der Waals surface area contributed by atoms with E-state index in [2.05, 4.69) is 10.4 Å². The highest BCUT2D eigenvalue weighted by Gasteiger charge is 2.27. The summed E-state index contributed by atoms with van der Waals surface area (Å²) in [5.41, 5.74) is 5.93. The zero-order valence-corrected chi connectivity index (χ0v) is 10.9. The van der Waals surface area contributed by atoms with Gasteiger partial charge < -0.3 is 11.1 Å². The van der Waals surface area contributed by atoms with Crippen LogP contribution in [-0.4, -0.2) is 28.3 Å². The molecular weight excluding hydrogens is 216 g/mol. The molecule has 0 saturated carbocycles. The highest BCUT2D eigenvalue weighted by Crippen LogP contribution is 2.13. The summed E-state index contributed by atoms with van der Waals surface area (Å²) in [5, 5.41) is 7.20. The Kier molecular flexibility index (Phi) is 4.69. The van der Waals surface area contributed by atoms with Gasteiger partial charge in [-0.15, -0.1) is 0 Å². The predicted molar refractivity (Wildman–Crippen MR) is 67.5 cm³/mol. The molecule has 0 spiro atoms. The van der Waals surface area contributed by atoms with Crippen LogP contribution in [0.25, 0.3) is 0 Å². The van der Waals surface area contributed by atoms with E-state index in [0.717, 1.165) is 25.8 Å². The van der Waals surface area contributed by atoms with E-state index in [0.29, 0.717) is 0 Å². The maximum Gasteiger partial charge on any atom is 0.237 e. The van der Waals surface area contributed by atoms with Crippen molar-refractivity contribution in [3.63, 3.8) is 0 Å². The monoisotopic (exact) mass is 238 g/mol. The van der Waals surface area contributed by atoms with Gasteiger partial charge in [-0.1, -0.05) is 0 Å². The molecule has 0 fully saturated rings. The smallest absolute Gasteiger partial charge is 0.237 e. The van der Waals surface area contributed by atoms with E-state index in [4.69, 9.17) is 5.73 Å². The molecule has 1 heterocycles. The summed E-state index contributed by atoms with van der Waals surface area (Å²) in [4.78, 5) is 11.3. The highest BCUT2D eigenvalue weighted by atomic mass is 16.1. The van der Waals surface area contributed by atoms with Crippen molar-refractivity contribution in [2.75, 3.05) is 7.05 Å². The molecule has 1 rings (SSSR count). The van der Waals surface area contributed by atoms with Crippen LogP contribution >= 0.6 is 0 Å². The number of carbonyl (C=O) groups is 1. The van der Waals surface area contributed by atoms with Crippen LogP contribution in [0.4, 0.5) is 0 Å². The lowest BCUT2D eigenvalue weighted by Crippen LogP contribution is -2.51. The minimum absolute atomic E-state index is 0.296. The summed E-state index contributed by atoms with van der Waals surface area (Å²) in [7, 11) is 1.77. The third-order valence-electron chi connectivity index (χ3n) is 3.17. The third-order valence-corrected chi connectivity index (χ3v) is 3.17. The first kappa shape index (κ1) is 13.7. The molecule has 1 unspecified atom stereocenters. The van der Waals surface area contributed by atoms with Crippen molar-refractivity contribution in [1.82, 2.24) is 15.1 Å². The van der Waals surface area contributed by atoms with Gasteiger partial charge in [-0.25, -0.2) is 0 Å². The van der Waals surface area contributed by atoms with Crippen LogP contribution in [-0.2, 0) is 11.3 Å². The molecule has 0 radical (unpaired) electrons. The molecule has 0 saturated heterocycles. The van der Waals surface area contributed by atoms with Gasteiger partial charge in [-0.05, 0) is 45.7 Å². The van der Waals surface area contributed by atoms with E-state index in [1.54, 1.807) is 7.05 Å². The zero-order valence-electron chi connectivity index (χ0n) is 10.9. The Morgan fingerprint density at radius 2 is 2.29 bits per heavy atom. The van der Waals surface area contributed by atoms with E-state index in [1.165, 1.54) is 5.56 Å². The molecule has 1 amide bonds. The molecular formula is C12H22N4O. The van der Waals surface area contributed by atoms with E-state index in [9.17, 15) is 4.79 Å². The van der Waals surface area contributed by atoms with Crippen LogP contribution < -0.4 is 11.1 Å². The van der Waals surface area contributed by atoms with Crippen LogP contribution in [0.1, 0.15) is 31.7 Å². The lowest BCUT2D eigenvalue weighted by atomic mass is 9.94. The van der Waals surface area contributed by atoms with Crippen molar-refractivity contribution in [3.05, 3.63) is 18.0 Å². The van der Waals surface area contributed by atoms with Gasteiger partial charge in [-0.3, -0.25) is 9.48 Å². The van der Waals surface area contributed by atoms with Gasteiger partial charge in [0.2, 0.25) is 5.91 Å². The number of rotatable bonds is 7. The van der Waals surface area contributed by atoms with E-state index >= 15 is 0 Å². The van der Waals surface area contributed by atoms with E-state index < -0.39 is 5.54 Å². The molecule has 0 aliphatic heterocycles. The highest BCUT2D eigenvalue weighted by molar-refractivity contribution is 5.84. The number of carbonyl (C=O) groups excluding carboxylic acids is 1. The molecule has 3 N–H and O–H groups in total. The average Bonchev–Trinajstić information content (AvgIpc) is 2.70. The summed E-state index contributed by atoms with van der Waals surface area (Å²) < 4.78 is 1.93. The number of aromatic nitrogens is 2. The third kappa shape index (κ3) is 3.85. The molecule has 5 heteroatoms. The molecule has 0 aliphatic rings. The van der Waals surface area contributed by atoms with Gasteiger partial charge in [0.05, 0.1) is 11.7 Å². The fourth-order valence-corrected chi connectivity index (χ4v) is 1.71. The summed E-state index contributed by atoms with van der Waals surface area (Å²) in [6.07, 6.45) is 6.55. The number of amides is 1. The first-order valence-electron chi connectivity index (χ1n) is 5.96. The number of nitrogens with zero attached hydrogens (tertiary/aromatic N) is 2. The molecule has 0 bridgehead atoms. The quantitative estimate of drug-likeness (QED) is 0.691. The molecule has 17 heavy (non-hydrogen) atoms. The van der Waals surface area contributed by atoms with Crippen molar-refractivity contribution < 1.29 is 4.79 Å². The van der Waals surface area contributed by atoms with Gasteiger partial charge in [0.15, 0.2) is 0 Å². The van der Waals surface area contributed by atoms with Crippen molar-refractivity contribution in [3.8, 4) is 0 Å². The Balaban J connectivity index is 2.30. The molecule has 96 valence electrons. The molecule has 0 aromatic carbocycles. The molecule has 1 aromatic rings. The van der Waals surface area contributed by atoms with Crippen molar-refractivity contribution in [1.29, 1.82) is 0 Å². The van der Waals surface area contributed by atoms with Crippen LogP contribution in [0.15, 0.2) is 12.4 Å². The first-order chi connectivity index (χ1) is 7.98. The second-order valence-electron chi connectivity index (χ2n) is 4.68. The van der Waals surface area contributed by atoms with Gasteiger partial charge in [0.1, 0.15) is 0 Å².